The average molecular weight is 502 g/mol. The summed E-state index contributed by atoms with van der Waals surface area (Å²) in [7, 11) is 0. The molecule has 2 aromatic rings. The zero-order valence-electron chi connectivity index (χ0n) is 22.5. The SMILES string of the molecule is CC(C(=O)c1ccc(OC[C@@H]2CCCO2)cc1)[C@H]1CCc2cc(C3CCCN(CC4CC4)C3)ccc2C1. The number of hydrogen-bond donors (Lipinski definition) is 0. The van der Waals surface area contributed by atoms with Crippen molar-refractivity contribution < 1.29 is 14.3 Å². The van der Waals surface area contributed by atoms with Gasteiger partial charge in [0.15, 0.2) is 5.78 Å². The van der Waals surface area contributed by atoms with Gasteiger partial charge in [0.05, 0.1) is 6.10 Å². The van der Waals surface area contributed by atoms with Crippen LogP contribution < -0.4 is 4.74 Å². The van der Waals surface area contributed by atoms with Crippen LogP contribution in [0.15, 0.2) is 42.5 Å². The number of aryl methyl sites for hydroxylation is 1. The zero-order valence-corrected chi connectivity index (χ0v) is 22.5. The fraction of sp³-hybridized carbons (Fsp3) is 0.606. The van der Waals surface area contributed by atoms with Crippen molar-refractivity contribution in [3.8, 4) is 5.75 Å². The molecular weight excluding hydrogens is 458 g/mol. The summed E-state index contributed by atoms with van der Waals surface area (Å²) in [6, 6.07) is 15.0. The molecule has 0 spiro atoms. The van der Waals surface area contributed by atoms with Gasteiger partial charge in [-0.25, -0.2) is 0 Å². The molecule has 2 heterocycles. The van der Waals surface area contributed by atoms with Gasteiger partial charge >= 0.3 is 0 Å². The second-order valence-corrected chi connectivity index (χ2v) is 12.2. The highest BCUT2D eigenvalue weighted by Gasteiger charge is 2.31. The third-order valence-corrected chi connectivity index (χ3v) is 9.41. The first-order valence-corrected chi connectivity index (χ1v) is 14.8. The summed E-state index contributed by atoms with van der Waals surface area (Å²) in [5, 5.41) is 0. The number of hydrogen-bond acceptors (Lipinski definition) is 4. The quantitative estimate of drug-likeness (QED) is 0.370. The van der Waals surface area contributed by atoms with E-state index in [-0.39, 0.29) is 17.8 Å². The highest BCUT2D eigenvalue weighted by molar-refractivity contribution is 5.98. The van der Waals surface area contributed by atoms with E-state index < -0.39 is 0 Å². The van der Waals surface area contributed by atoms with Gasteiger partial charge in [-0.2, -0.15) is 0 Å². The first kappa shape index (κ1) is 25.1. The number of benzene rings is 2. The minimum absolute atomic E-state index is 0.0285. The Labute approximate surface area is 222 Å². The molecule has 4 atom stereocenters. The van der Waals surface area contributed by atoms with E-state index in [1.165, 1.54) is 56.4 Å². The molecule has 198 valence electrons. The maximum Gasteiger partial charge on any atom is 0.165 e. The van der Waals surface area contributed by atoms with Crippen molar-refractivity contribution in [3.05, 3.63) is 64.7 Å². The maximum absolute atomic E-state index is 13.3. The molecule has 0 amide bonds. The molecule has 4 heteroatoms. The molecular formula is C33H43NO3. The minimum atomic E-state index is 0.0285. The molecule has 0 radical (unpaired) electrons. The van der Waals surface area contributed by atoms with Crippen molar-refractivity contribution in [1.29, 1.82) is 0 Å². The van der Waals surface area contributed by atoms with Crippen LogP contribution in [0, 0.1) is 17.8 Å². The van der Waals surface area contributed by atoms with Crippen LogP contribution in [0.5, 0.6) is 5.75 Å². The van der Waals surface area contributed by atoms with E-state index >= 15 is 0 Å². The van der Waals surface area contributed by atoms with Crippen LogP contribution in [0.3, 0.4) is 0 Å². The molecule has 4 aliphatic rings. The predicted molar refractivity (Wildman–Crippen MR) is 148 cm³/mol. The summed E-state index contributed by atoms with van der Waals surface area (Å²) in [5.41, 5.74) is 5.33. The highest BCUT2D eigenvalue weighted by atomic mass is 16.5. The summed E-state index contributed by atoms with van der Waals surface area (Å²) in [6.45, 7) is 7.40. The molecule has 37 heavy (non-hydrogen) atoms. The Morgan fingerprint density at radius 2 is 1.89 bits per heavy atom. The third-order valence-electron chi connectivity index (χ3n) is 9.41. The van der Waals surface area contributed by atoms with Crippen LogP contribution in [-0.4, -0.2) is 49.6 Å². The summed E-state index contributed by atoms with van der Waals surface area (Å²) in [6.07, 6.45) is 11.1. The highest BCUT2D eigenvalue weighted by Crippen LogP contribution is 2.37. The molecule has 6 rings (SSSR count). The Hall–Kier alpha value is -2.17. The van der Waals surface area contributed by atoms with E-state index in [1.807, 2.05) is 24.3 Å². The number of Topliss-reactive ketones (excluding diaryl/α,β-unsaturated/α-hetero) is 1. The topological polar surface area (TPSA) is 38.8 Å². The first-order valence-electron chi connectivity index (χ1n) is 14.8. The van der Waals surface area contributed by atoms with Gasteiger partial charge in [-0.05, 0) is 123 Å². The molecule has 4 nitrogen and oxygen atoms in total. The molecule has 0 bridgehead atoms. The number of ether oxygens (including phenoxy) is 2. The predicted octanol–water partition coefficient (Wildman–Crippen LogP) is 6.46. The van der Waals surface area contributed by atoms with Crippen LogP contribution >= 0.6 is 0 Å². The van der Waals surface area contributed by atoms with Crippen LogP contribution in [0.4, 0.5) is 0 Å². The Morgan fingerprint density at radius 3 is 2.68 bits per heavy atom. The van der Waals surface area contributed by atoms with Crippen LogP contribution in [0.1, 0.15) is 84.8 Å². The number of fused-ring (bicyclic) bond motifs is 1. The van der Waals surface area contributed by atoms with Crippen molar-refractivity contribution >= 4 is 5.78 Å². The standard InChI is InChI=1S/C33H43NO3/c1-23(33(35)25-12-14-31(15-13-25)37-22-32-5-3-17-36-32)26-8-9-28-19-29(11-10-27(28)18-26)30-4-2-16-34(21-30)20-24-6-7-24/h10-15,19,23-24,26,30,32H,2-9,16-18,20-22H2,1H3/t23?,26-,30?,32-/m0/s1. The van der Waals surface area contributed by atoms with Gasteiger partial charge in [-0.15, -0.1) is 0 Å². The van der Waals surface area contributed by atoms with E-state index in [0.717, 1.165) is 55.9 Å². The van der Waals surface area contributed by atoms with Gasteiger partial charge in [0.25, 0.3) is 0 Å². The smallest absolute Gasteiger partial charge is 0.165 e. The lowest BCUT2D eigenvalue weighted by molar-refractivity contribution is 0.0679. The van der Waals surface area contributed by atoms with Gasteiger partial charge in [-0.1, -0.05) is 25.1 Å². The van der Waals surface area contributed by atoms with Gasteiger partial charge in [0.2, 0.25) is 0 Å². The van der Waals surface area contributed by atoms with Crippen molar-refractivity contribution in [2.75, 3.05) is 32.8 Å². The Morgan fingerprint density at radius 1 is 1.03 bits per heavy atom. The number of piperidine rings is 1. The molecule has 1 saturated carbocycles. The lowest BCUT2D eigenvalue weighted by Crippen LogP contribution is -2.35. The first-order chi connectivity index (χ1) is 18.1. The van der Waals surface area contributed by atoms with E-state index in [9.17, 15) is 4.79 Å². The monoisotopic (exact) mass is 501 g/mol. The summed E-state index contributed by atoms with van der Waals surface area (Å²) in [4.78, 5) is 16.1. The van der Waals surface area contributed by atoms with Crippen LogP contribution in [0.25, 0.3) is 0 Å². The Kier molecular flexibility index (Phi) is 7.67. The fourth-order valence-corrected chi connectivity index (χ4v) is 6.80. The summed E-state index contributed by atoms with van der Waals surface area (Å²) >= 11 is 0. The second-order valence-electron chi connectivity index (χ2n) is 12.2. The summed E-state index contributed by atoms with van der Waals surface area (Å²) < 4.78 is 11.5. The van der Waals surface area contributed by atoms with E-state index in [2.05, 4.69) is 30.0 Å². The Balaban J connectivity index is 1.04. The minimum Gasteiger partial charge on any atom is -0.491 e. The molecule has 2 aromatic carbocycles. The number of likely N-dealkylation sites (tertiary alicyclic amines) is 1. The third kappa shape index (κ3) is 6.12. The van der Waals surface area contributed by atoms with E-state index in [0.29, 0.717) is 18.4 Å². The molecule has 2 aliphatic carbocycles. The lowest BCUT2D eigenvalue weighted by atomic mass is 9.74. The fourth-order valence-electron chi connectivity index (χ4n) is 6.80. The summed E-state index contributed by atoms with van der Waals surface area (Å²) in [5.74, 6) is 3.18. The molecule has 2 aliphatic heterocycles. The number of ketones is 1. The van der Waals surface area contributed by atoms with Crippen molar-refractivity contribution in [2.24, 2.45) is 17.8 Å². The molecule has 3 fully saturated rings. The van der Waals surface area contributed by atoms with E-state index in [4.69, 9.17) is 9.47 Å². The second kappa shape index (κ2) is 11.3. The maximum atomic E-state index is 13.3. The normalized spacial score (nSPS) is 27.0. The molecule has 0 N–H and O–H groups in total. The zero-order chi connectivity index (χ0) is 25.2. The van der Waals surface area contributed by atoms with Crippen molar-refractivity contribution in [1.82, 2.24) is 4.90 Å². The largest absolute Gasteiger partial charge is 0.491 e. The van der Waals surface area contributed by atoms with Crippen molar-refractivity contribution in [2.45, 2.75) is 76.7 Å². The Bertz CT molecular complexity index is 1070. The van der Waals surface area contributed by atoms with Gasteiger partial charge in [0, 0.05) is 31.2 Å². The van der Waals surface area contributed by atoms with Gasteiger partial charge in [0.1, 0.15) is 12.4 Å². The lowest BCUT2D eigenvalue weighted by Gasteiger charge is -2.34. The van der Waals surface area contributed by atoms with Crippen LogP contribution in [-0.2, 0) is 17.6 Å². The number of carbonyl (C=O) groups excluding carboxylic acids is 1. The van der Waals surface area contributed by atoms with Crippen molar-refractivity contribution in [3.63, 3.8) is 0 Å². The van der Waals surface area contributed by atoms with E-state index in [1.54, 1.807) is 5.56 Å². The van der Waals surface area contributed by atoms with Gasteiger partial charge < -0.3 is 14.4 Å². The van der Waals surface area contributed by atoms with Crippen LogP contribution in [0.2, 0.25) is 0 Å². The number of carbonyl (C=O) groups is 1. The molecule has 0 aromatic heterocycles. The average Bonchev–Trinajstić information content (AvgIpc) is 3.60. The van der Waals surface area contributed by atoms with Gasteiger partial charge in [-0.3, -0.25) is 4.79 Å². The number of nitrogens with zero attached hydrogens (tertiary/aromatic N) is 1. The number of rotatable bonds is 9. The molecule has 2 saturated heterocycles. The molecule has 2 unspecified atom stereocenters.